The summed E-state index contributed by atoms with van der Waals surface area (Å²) in [6.07, 6.45) is 0.965. The minimum Gasteiger partial charge on any atom is -0.350 e. The lowest BCUT2D eigenvalue weighted by Crippen LogP contribution is -2.52. The highest BCUT2D eigenvalue weighted by molar-refractivity contribution is 7.86. The molecule has 0 rings (SSSR count). The standard InChI is InChI=1S/C17H34N2O8S2/c1-7-12(14(20)18-16(3,4)10-28(22,23)24)9-13(8-2)15(21)19-17(5,6)11-29(25,26)27/h12-13H,7-11H2,1-6H3,(H,18,20)(H,19,21)(H,22,23,24)(H,25,26,27). The van der Waals surface area contributed by atoms with Crippen molar-refractivity contribution in [2.45, 2.75) is 71.9 Å². The van der Waals surface area contributed by atoms with Gasteiger partial charge < -0.3 is 10.6 Å². The zero-order valence-corrected chi connectivity index (χ0v) is 19.5. The van der Waals surface area contributed by atoms with Crippen LogP contribution in [0, 0.1) is 11.8 Å². The Bertz CT molecular complexity index is 722. The zero-order valence-electron chi connectivity index (χ0n) is 17.9. The van der Waals surface area contributed by atoms with E-state index in [9.17, 15) is 26.4 Å². The summed E-state index contributed by atoms with van der Waals surface area (Å²) in [5.41, 5.74) is -2.39. The normalized spacial score (nSPS) is 15.4. The highest BCUT2D eigenvalue weighted by Gasteiger charge is 2.33. The van der Waals surface area contributed by atoms with Crippen LogP contribution in [0.4, 0.5) is 0 Å². The van der Waals surface area contributed by atoms with Gasteiger partial charge in [0.2, 0.25) is 11.8 Å². The van der Waals surface area contributed by atoms with Crippen molar-refractivity contribution in [2.75, 3.05) is 11.5 Å². The van der Waals surface area contributed by atoms with Crippen molar-refractivity contribution in [3.8, 4) is 0 Å². The summed E-state index contributed by atoms with van der Waals surface area (Å²) in [6.45, 7) is 9.38. The molecular weight excluding hydrogens is 424 g/mol. The van der Waals surface area contributed by atoms with Gasteiger partial charge in [-0.25, -0.2) is 0 Å². The predicted molar refractivity (Wildman–Crippen MR) is 109 cm³/mol. The van der Waals surface area contributed by atoms with Gasteiger partial charge in [0.15, 0.2) is 0 Å². The Balaban J connectivity index is 5.19. The molecule has 12 heteroatoms. The monoisotopic (exact) mass is 458 g/mol. The van der Waals surface area contributed by atoms with Crippen LogP contribution in [0.15, 0.2) is 0 Å². The zero-order chi connectivity index (χ0) is 23.3. The van der Waals surface area contributed by atoms with Crippen LogP contribution in [0.1, 0.15) is 60.8 Å². The van der Waals surface area contributed by atoms with E-state index in [2.05, 4.69) is 10.6 Å². The van der Waals surface area contributed by atoms with Crippen molar-refractivity contribution >= 4 is 32.1 Å². The van der Waals surface area contributed by atoms with Crippen molar-refractivity contribution in [1.29, 1.82) is 0 Å². The molecule has 0 aromatic rings. The molecule has 2 atom stereocenters. The number of rotatable bonds is 12. The summed E-state index contributed by atoms with van der Waals surface area (Å²) in [7, 11) is -8.57. The largest absolute Gasteiger partial charge is 0.350 e. The van der Waals surface area contributed by atoms with Crippen molar-refractivity contribution in [1.82, 2.24) is 10.6 Å². The minimum absolute atomic E-state index is 0.175. The minimum atomic E-state index is -4.28. The summed E-state index contributed by atoms with van der Waals surface area (Å²) in [5.74, 6) is -3.35. The van der Waals surface area contributed by atoms with E-state index in [1.807, 2.05) is 0 Å². The van der Waals surface area contributed by atoms with Crippen LogP contribution in [-0.2, 0) is 29.8 Å². The van der Waals surface area contributed by atoms with E-state index in [0.29, 0.717) is 12.8 Å². The molecule has 172 valence electrons. The predicted octanol–water partition coefficient (Wildman–Crippen LogP) is 0.994. The van der Waals surface area contributed by atoms with Crippen molar-refractivity contribution in [3.63, 3.8) is 0 Å². The SMILES string of the molecule is CCC(CC(CC)C(=O)NC(C)(C)CS(=O)(=O)O)C(=O)NC(C)(C)CS(=O)(=O)O. The van der Waals surface area contributed by atoms with Gasteiger partial charge in [-0.15, -0.1) is 0 Å². The van der Waals surface area contributed by atoms with E-state index in [1.165, 1.54) is 27.7 Å². The average molecular weight is 459 g/mol. The molecule has 0 saturated carbocycles. The molecule has 0 saturated heterocycles. The number of carbonyl (C=O) groups is 2. The summed E-state index contributed by atoms with van der Waals surface area (Å²) in [4.78, 5) is 25.2. The van der Waals surface area contributed by atoms with Crippen LogP contribution in [0.5, 0.6) is 0 Å². The first-order chi connectivity index (χ1) is 12.8. The average Bonchev–Trinajstić information content (AvgIpc) is 2.41. The Kier molecular flexibility index (Phi) is 9.75. The van der Waals surface area contributed by atoms with E-state index in [4.69, 9.17) is 9.11 Å². The fourth-order valence-electron chi connectivity index (χ4n) is 3.12. The third-order valence-corrected chi connectivity index (χ3v) is 6.48. The summed E-state index contributed by atoms with van der Waals surface area (Å²) in [5, 5.41) is 5.18. The van der Waals surface area contributed by atoms with Crippen LogP contribution in [0.2, 0.25) is 0 Å². The van der Waals surface area contributed by atoms with Gasteiger partial charge in [0.1, 0.15) is 0 Å². The highest BCUT2D eigenvalue weighted by atomic mass is 32.2. The van der Waals surface area contributed by atoms with Crippen molar-refractivity contribution in [2.24, 2.45) is 11.8 Å². The third-order valence-electron chi connectivity index (χ3n) is 4.31. The molecule has 0 aromatic carbocycles. The Morgan fingerprint density at radius 2 is 1.03 bits per heavy atom. The Morgan fingerprint density at radius 3 is 1.24 bits per heavy atom. The van der Waals surface area contributed by atoms with E-state index in [0.717, 1.165) is 0 Å². The molecule has 0 aliphatic carbocycles. The molecule has 2 amide bonds. The maximum Gasteiger partial charge on any atom is 0.267 e. The first-order valence-electron chi connectivity index (χ1n) is 9.35. The summed E-state index contributed by atoms with van der Waals surface area (Å²) in [6, 6.07) is 0. The van der Waals surface area contributed by atoms with Gasteiger partial charge in [-0.05, 0) is 47.0 Å². The fraction of sp³-hybridized carbons (Fsp3) is 0.882. The van der Waals surface area contributed by atoms with E-state index in [1.54, 1.807) is 13.8 Å². The number of carbonyl (C=O) groups excluding carboxylic acids is 2. The van der Waals surface area contributed by atoms with Gasteiger partial charge in [-0.2, -0.15) is 16.8 Å². The van der Waals surface area contributed by atoms with Gasteiger partial charge >= 0.3 is 0 Å². The molecule has 0 heterocycles. The summed E-state index contributed by atoms with van der Waals surface area (Å²) < 4.78 is 62.4. The number of hydrogen-bond acceptors (Lipinski definition) is 6. The highest BCUT2D eigenvalue weighted by Crippen LogP contribution is 2.22. The third kappa shape index (κ3) is 12.1. The molecule has 2 unspecified atom stereocenters. The second kappa shape index (κ2) is 10.2. The molecule has 0 aliphatic rings. The molecule has 0 aromatic heterocycles. The lowest BCUT2D eigenvalue weighted by Gasteiger charge is -2.30. The Morgan fingerprint density at radius 1 is 0.759 bits per heavy atom. The molecule has 0 aliphatic heterocycles. The van der Waals surface area contributed by atoms with Crippen LogP contribution in [-0.4, -0.2) is 60.3 Å². The molecule has 0 spiro atoms. The Labute approximate surface area is 173 Å². The second-order valence-corrected chi connectivity index (χ2v) is 11.5. The maximum absolute atomic E-state index is 12.6. The Hall–Kier alpha value is -1.24. The van der Waals surface area contributed by atoms with Gasteiger partial charge in [0.05, 0.1) is 22.6 Å². The number of nitrogens with one attached hydrogen (secondary N) is 2. The topological polar surface area (TPSA) is 167 Å². The first-order valence-corrected chi connectivity index (χ1v) is 12.6. The van der Waals surface area contributed by atoms with Gasteiger partial charge in [-0.3, -0.25) is 18.7 Å². The van der Waals surface area contributed by atoms with Gasteiger partial charge in [0.25, 0.3) is 20.2 Å². The number of hydrogen-bond donors (Lipinski definition) is 4. The summed E-state index contributed by atoms with van der Waals surface area (Å²) >= 11 is 0. The first kappa shape index (κ1) is 27.8. The smallest absolute Gasteiger partial charge is 0.267 e. The van der Waals surface area contributed by atoms with Crippen molar-refractivity contribution < 1.29 is 35.5 Å². The van der Waals surface area contributed by atoms with Gasteiger partial charge in [0, 0.05) is 11.8 Å². The molecular formula is C17H34N2O8S2. The van der Waals surface area contributed by atoms with Crippen LogP contribution in [0.3, 0.4) is 0 Å². The molecule has 29 heavy (non-hydrogen) atoms. The van der Waals surface area contributed by atoms with Crippen LogP contribution in [0.25, 0.3) is 0 Å². The fourth-order valence-corrected chi connectivity index (χ4v) is 5.09. The molecule has 4 N–H and O–H groups in total. The van der Waals surface area contributed by atoms with Crippen LogP contribution < -0.4 is 10.6 Å². The van der Waals surface area contributed by atoms with Crippen molar-refractivity contribution in [3.05, 3.63) is 0 Å². The number of amides is 2. The molecule has 0 fully saturated rings. The van der Waals surface area contributed by atoms with Gasteiger partial charge in [-0.1, -0.05) is 13.8 Å². The second-order valence-electron chi connectivity index (χ2n) is 8.64. The molecule has 0 bridgehead atoms. The van der Waals surface area contributed by atoms with E-state index in [-0.39, 0.29) is 6.42 Å². The quantitative estimate of drug-likeness (QED) is 0.314. The maximum atomic E-state index is 12.6. The van der Waals surface area contributed by atoms with Crippen LogP contribution >= 0.6 is 0 Å². The molecule has 0 radical (unpaired) electrons. The van der Waals surface area contributed by atoms with E-state index < -0.39 is 66.5 Å². The lowest BCUT2D eigenvalue weighted by atomic mass is 9.88. The molecule has 10 nitrogen and oxygen atoms in total. The lowest BCUT2D eigenvalue weighted by molar-refractivity contribution is -0.130. The van der Waals surface area contributed by atoms with E-state index >= 15 is 0 Å².